The molecule has 2 aromatic carbocycles. The molecule has 7 nitrogen and oxygen atoms in total. The summed E-state index contributed by atoms with van der Waals surface area (Å²) in [6.45, 7) is 0.971. The number of carbonyl (C=O) groups excluding carboxylic acids is 1. The molecule has 1 aromatic heterocycles. The largest absolute Gasteiger partial charge is 0.493 e. The highest BCUT2D eigenvalue weighted by Gasteiger charge is 2.35. The minimum absolute atomic E-state index is 0.0700. The van der Waals surface area contributed by atoms with E-state index >= 15 is 0 Å². The molecule has 34 heavy (non-hydrogen) atoms. The number of hydrogen-bond acceptors (Lipinski definition) is 6. The molecule has 5 rings (SSSR count). The van der Waals surface area contributed by atoms with Crippen LogP contribution in [0.2, 0.25) is 0 Å². The fourth-order valence-corrected chi connectivity index (χ4v) is 6.75. The summed E-state index contributed by atoms with van der Waals surface area (Å²) in [5, 5.41) is 2.02. The standard InChI is InChI=1S/C25H26N2O5S2/c1-31-21-14-16-8-10-26(24(23-5-4-12-33-23)19(16)15-22(21)32-2)25(28)18-6-7-20-17(13-18)9-11-27(20)34(3,29)30/h4-7,12-15,24H,8-11H2,1-3H3. The summed E-state index contributed by atoms with van der Waals surface area (Å²) in [5.41, 5.74) is 4.28. The Morgan fingerprint density at radius 2 is 1.74 bits per heavy atom. The maximum Gasteiger partial charge on any atom is 0.254 e. The van der Waals surface area contributed by atoms with E-state index in [9.17, 15) is 13.2 Å². The first kappa shape index (κ1) is 22.7. The summed E-state index contributed by atoms with van der Waals surface area (Å²) in [6.07, 6.45) is 2.51. The number of anilines is 1. The summed E-state index contributed by atoms with van der Waals surface area (Å²) in [4.78, 5) is 16.8. The van der Waals surface area contributed by atoms with Crippen LogP contribution >= 0.6 is 11.3 Å². The van der Waals surface area contributed by atoms with Crippen LogP contribution < -0.4 is 13.8 Å². The van der Waals surface area contributed by atoms with Gasteiger partial charge >= 0.3 is 0 Å². The summed E-state index contributed by atoms with van der Waals surface area (Å²) in [6, 6.07) is 13.1. The SMILES string of the molecule is COc1cc2c(cc1OC)C(c1cccs1)N(C(=O)c1ccc3c(c1)CCN3S(C)(=O)=O)CC2. The van der Waals surface area contributed by atoms with Crippen molar-refractivity contribution in [1.29, 1.82) is 0 Å². The van der Waals surface area contributed by atoms with Gasteiger partial charge in [-0.15, -0.1) is 11.3 Å². The monoisotopic (exact) mass is 498 g/mol. The molecule has 178 valence electrons. The maximum atomic E-state index is 13.8. The van der Waals surface area contributed by atoms with E-state index in [0.717, 1.165) is 21.6 Å². The minimum atomic E-state index is -3.34. The highest BCUT2D eigenvalue weighted by molar-refractivity contribution is 7.92. The molecule has 1 unspecified atom stereocenters. The number of fused-ring (bicyclic) bond motifs is 2. The fraction of sp³-hybridized carbons (Fsp3) is 0.320. The second-order valence-electron chi connectivity index (χ2n) is 8.50. The molecule has 0 fully saturated rings. The van der Waals surface area contributed by atoms with E-state index in [0.29, 0.717) is 48.7 Å². The van der Waals surface area contributed by atoms with E-state index in [2.05, 4.69) is 0 Å². The first-order valence-electron chi connectivity index (χ1n) is 11.0. The van der Waals surface area contributed by atoms with Crippen molar-refractivity contribution in [3.8, 4) is 11.5 Å². The van der Waals surface area contributed by atoms with Crippen LogP contribution in [0.3, 0.4) is 0 Å². The van der Waals surface area contributed by atoms with Crippen LogP contribution in [0.1, 0.15) is 38.0 Å². The third kappa shape index (κ3) is 3.82. The quantitative estimate of drug-likeness (QED) is 0.534. The highest BCUT2D eigenvalue weighted by Crippen LogP contribution is 2.43. The van der Waals surface area contributed by atoms with Crippen LogP contribution in [-0.2, 0) is 22.9 Å². The summed E-state index contributed by atoms with van der Waals surface area (Å²) in [5.74, 6) is 1.25. The average Bonchev–Trinajstić information content (AvgIpc) is 3.51. The van der Waals surface area contributed by atoms with Gasteiger partial charge in [0.1, 0.15) is 0 Å². The molecule has 0 N–H and O–H groups in total. The Hall–Kier alpha value is -3.04. The molecule has 0 saturated carbocycles. The number of thiophene rings is 1. The lowest BCUT2D eigenvalue weighted by Gasteiger charge is -2.37. The number of hydrogen-bond donors (Lipinski definition) is 0. The predicted octanol–water partition coefficient (Wildman–Crippen LogP) is 3.88. The Balaban J connectivity index is 1.55. The van der Waals surface area contributed by atoms with Crippen molar-refractivity contribution < 1.29 is 22.7 Å². The molecule has 3 aromatic rings. The van der Waals surface area contributed by atoms with Crippen LogP contribution in [0.5, 0.6) is 11.5 Å². The number of methoxy groups -OCH3 is 2. The molecule has 0 radical (unpaired) electrons. The first-order chi connectivity index (χ1) is 16.3. The van der Waals surface area contributed by atoms with E-state index < -0.39 is 10.0 Å². The summed E-state index contributed by atoms with van der Waals surface area (Å²) >= 11 is 1.62. The number of benzene rings is 2. The number of nitrogens with zero attached hydrogens (tertiary/aromatic N) is 2. The third-order valence-corrected chi connectivity index (χ3v) is 8.63. The van der Waals surface area contributed by atoms with Crippen molar-refractivity contribution >= 4 is 33.0 Å². The molecule has 2 aliphatic rings. The van der Waals surface area contributed by atoms with Crippen LogP contribution in [0.4, 0.5) is 5.69 Å². The number of sulfonamides is 1. The van der Waals surface area contributed by atoms with Crippen LogP contribution in [0.25, 0.3) is 0 Å². The lowest BCUT2D eigenvalue weighted by Crippen LogP contribution is -2.40. The molecule has 2 aliphatic heterocycles. The Morgan fingerprint density at radius 3 is 2.41 bits per heavy atom. The highest BCUT2D eigenvalue weighted by atomic mass is 32.2. The van der Waals surface area contributed by atoms with Crippen LogP contribution in [0.15, 0.2) is 47.8 Å². The van der Waals surface area contributed by atoms with Crippen molar-refractivity contribution in [2.45, 2.75) is 18.9 Å². The molecular weight excluding hydrogens is 472 g/mol. The van der Waals surface area contributed by atoms with E-state index in [1.807, 2.05) is 40.6 Å². The van der Waals surface area contributed by atoms with Gasteiger partial charge in [-0.05, 0) is 71.3 Å². The maximum absolute atomic E-state index is 13.8. The van der Waals surface area contributed by atoms with E-state index in [1.165, 1.54) is 10.6 Å². The smallest absolute Gasteiger partial charge is 0.254 e. The van der Waals surface area contributed by atoms with Gasteiger partial charge in [0.15, 0.2) is 11.5 Å². The summed E-state index contributed by atoms with van der Waals surface area (Å²) < 4.78 is 36.6. The zero-order valence-corrected chi connectivity index (χ0v) is 20.9. The van der Waals surface area contributed by atoms with Gasteiger partial charge in [0.2, 0.25) is 10.0 Å². The molecule has 1 amide bonds. The lowest BCUT2D eigenvalue weighted by molar-refractivity contribution is 0.0697. The zero-order valence-electron chi connectivity index (χ0n) is 19.3. The number of carbonyl (C=O) groups is 1. The minimum Gasteiger partial charge on any atom is -0.493 e. The summed E-state index contributed by atoms with van der Waals surface area (Å²) in [7, 11) is -0.102. The zero-order chi connectivity index (χ0) is 24.0. The number of ether oxygens (including phenoxy) is 2. The molecule has 0 bridgehead atoms. The van der Waals surface area contributed by atoms with E-state index in [4.69, 9.17) is 9.47 Å². The van der Waals surface area contributed by atoms with Crippen molar-refractivity contribution in [1.82, 2.24) is 4.90 Å². The Morgan fingerprint density at radius 1 is 1.00 bits per heavy atom. The van der Waals surface area contributed by atoms with Gasteiger partial charge < -0.3 is 14.4 Å². The second kappa shape index (κ2) is 8.63. The first-order valence-corrected chi connectivity index (χ1v) is 13.7. The van der Waals surface area contributed by atoms with Crippen molar-refractivity contribution in [2.24, 2.45) is 0 Å². The molecule has 0 aliphatic carbocycles. The lowest BCUT2D eigenvalue weighted by atomic mass is 9.90. The number of amides is 1. The fourth-order valence-electron chi connectivity index (χ4n) is 4.93. The van der Waals surface area contributed by atoms with E-state index in [1.54, 1.807) is 37.7 Å². The van der Waals surface area contributed by atoms with Crippen molar-refractivity contribution in [3.63, 3.8) is 0 Å². The van der Waals surface area contributed by atoms with Gasteiger partial charge in [0, 0.05) is 23.5 Å². The van der Waals surface area contributed by atoms with Crippen molar-refractivity contribution in [2.75, 3.05) is 37.9 Å². The number of rotatable bonds is 5. The Kier molecular flexibility index (Phi) is 5.77. The molecule has 3 heterocycles. The second-order valence-corrected chi connectivity index (χ2v) is 11.4. The van der Waals surface area contributed by atoms with Gasteiger partial charge in [0.25, 0.3) is 5.91 Å². The van der Waals surface area contributed by atoms with Gasteiger partial charge in [-0.1, -0.05) is 6.07 Å². The van der Waals surface area contributed by atoms with Gasteiger partial charge in [-0.3, -0.25) is 9.10 Å². The molecule has 1 atom stereocenters. The van der Waals surface area contributed by atoms with Gasteiger partial charge in [-0.2, -0.15) is 0 Å². The van der Waals surface area contributed by atoms with Gasteiger partial charge in [0.05, 0.1) is 32.2 Å². The Labute approximate surface area is 203 Å². The van der Waals surface area contributed by atoms with Crippen molar-refractivity contribution in [3.05, 3.63) is 75.0 Å². The van der Waals surface area contributed by atoms with E-state index in [-0.39, 0.29) is 11.9 Å². The van der Waals surface area contributed by atoms with Gasteiger partial charge in [-0.25, -0.2) is 8.42 Å². The normalized spacial score (nSPS) is 17.3. The predicted molar refractivity (Wildman–Crippen MR) is 133 cm³/mol. The average molecular weight is 499 g/mol. The molecule has 0 spiro atoms. The van der Waals surface area contributed by atoms with Crippen LogP contribution in [-0.4, -0.2) is 52.8 Å². The third-order valence-electron chi connectivity index (χ3n) is 6.53. The molecule has 0 saturated heterocycles. The Bertz CT molecular complexity index is 1350. The topological polar surface area (TPSA) is 76.2 Å². The molecule has 9 heteroatoms. The molecular formula is C25H26N2O5S2. The van der Waals surface area contributed by atoms with Crippen LogP contribution in [0, 0.1) is 0 Å².